The molecule has 1 saturated carbocycles. The first-order valence-electron chi connectivity index (χ1n) is 7.54. The number of aromatic hydroxyl groups is 1. The molecule has 0 spiro atoms. The third kappa shape index (κ3) is 2.04. The summed E-state index contributed by atoms with van der Waals surface area (Å²) >= 11 is 0. The van der Waals surface area contributed by atoms with Crippen LogP contribution >= 0.6 is 0 Å². The monoisotopic (exact) mass is 299 g/mol. The van der Waals surface area contributed by atoms with Crippen molar-refractivity contribution >= 4 is 5.91 Å². The summed E-state index contributed by atoms with van der Waals surface area (Å²) in [6, 6.07) is 2.90. The minimum Gasteiger partial charge on any atom is -0.505 e. The van der Waals surface area contributed by atoms with Crippen molar-refractivity contribution in [2.45, 2.75) is 38.3 Å². The summed E-state index contributed by atoms with van der Waals surface area (Å²) in [6.45, 7) is 3.10. The van der Waals surface area contributed by atoms with Gasteiger partial charge in [0.1, 0.15) is 11.6 Å². The average molecular weight is 299 g/mol. The smallest absolute Gasteiger partial charge is 0.276 e. The van der Waals surface area contributed by atoms with Crippen molar-refractivity contribution in [1.29, 1.82) is 0 Å². The molecule has 0 unspecified atom stereocenters. The van der Waals surface area contributed by atoms with E-state index in [1.807, 2.05) is 11.6 Å². The van der Waals surface area contributed by atoms with E-state index in [0.717, 1.165) is 24.5 Å². The molecule has 1 aliphatic heterocycles. The quantitative estimate of drug-likeness (QED) is 0.908. The first-order valence-corrected chi connectivity index (χ1v) is 7.54. The number of fused-ring (bicyclic) bond motifs is 1. The van der Waals surface area contributed by atoms with Crippen molar-refractivity contribution in [3.05, 3.63) is 35.7 Å². The number of aromatic nitrogens is 4. The molecule has 0 bridgehead atoms. The van der Waals surface area contributed by atoms with Crippen molar-refractivity contribution in [3.63, 3.8) is 0 Å². The molecule has 1 N–H and O–H groups in total. The lowest BCUT2D eigenvalue weighted by Crippen LogP contribution is -2.41. The second-order valence-electron chi connectivity index (χ2n) is 5.87. The lowest BCUT2D eigenvalue weighted by Gasteiger charge is -2.32. The van der Waals surface area contributed by atoms with Gasteiger partial charge in [-0.05, 0) is 31.9 Å². The van der Waals surface area contributed by atoms with Crippen LogP contribution in [0.3, 0.4) is 0 Å². The second kappa shape index (κ2) is 4.79. The number of amides is 1. The van der Waals surface area contributed by atoms with Crippen LogP contribution in [0.2, 0.25) is 0 Å². The van der Waals surface area contributed by atoms with Crippen molar-refractivity contribution < 1.29 is 9.90 Å². The topological polar surface area (TPSA) is 84.1 Å². The van der Waals surface area contributed by atoms with Gasteiger partial charge in [0, 0.05) is 18.7 Å². The van der Waals surface area contributed by atoms with Gasteiger partial charge in [-0.1, -0.05) is 0 Å². The summed E-state index contributed by atoms with van der Waals surface area (Å²) in [7, 11) is 0. The zero-order valence-corrected chi connectivity index (χ0v) is 12.3. The predicted octanol–water partition coefficient (Wildman–Crippen LogP) is 1.47. The summed E-state index contributed by atoms with van der Waals surface area (Å²) in [5.74, 6) is 1.85. The van der Waals surface area contributed by atoms with Crippen LogP contribution < -0.4 is 0 Å². The van der Waals surface area contributed by atoms with Gasteiger partial charge in [0.25, 0.3) is 5.91 Å². The highest BCUT2D eigenvalue weighted by molar-refractivity contribution is 5.95. The van der Waals surface area contributed by atoms with Crippen LogP contribution in [0.1, 0.15) is 53.9 Å². The molecule has 0 radical (unpaired) electrons. The normalized spacial score (nSPS) is 20.8. The molecule has 1 aliphatic carbocycles. The first kappa shape index (κ1) is 13.2. The molecule has 4 rings (SSSR count). The Kier molecular flexibility index (Phi) is 2.88. The van der Waals surface area contributed by atoms with Gasteiger partial charge in [0.2, 0.25) is 0 Å². The van der Waals surface area contributed by atoms with Crippen molar-refractivity contribution in [3.8, 4) is 5.75 Å². The third-order valence-electron chi connectivity index (χ3n) is 4.30. The molecule has 3 heterocycles. The van der Waals surface area contributed by atoms with Gasteiger partial charge in [-0.3, -0.25) is 4.79 Å². The average Bonchev–Trinajstić information content (AvgIpc) is 3.27. The number of pyridine rings is 1. The molecule has 2 aliphatic rings. The SMILES string of the molecule is C[C@@H]1c2nc(C3CC3)nn2CCN1C(=O)c1ncccc1O. The van der Waals surface area contributed by atoms with Gasteiger partial charge in [-0.15, -0.1) is 0 Å². The molecular formula is C15H17N5O2. The minimum atomic E-state index is -0.271. The Bertz CT molecular complexity index is 737. The minimum absolute atomic E-state index is 0.0877. The lowest BCUT2D eigenvalue weighted by atomic mass is 10.2. The molecule has 1 atom stereocenters. The largest absolute Gasteiger partial charge is 0.505 e. The predicted molar refractivity (Wildman–Crippen MR) is 77.4 cm³/mol. The Hall–Kier alpha value is -2.44. The van der Waals surface area contributed by atoms with Crippen LogP contribution in [0.4, 0.5) is 0 Å². The summed E-state index contributed by atoms with van der Waals surface area (Å²) in [6.07, 6.45) is 3.82. The number of hydrogen-bond acceptors (Lipinski definition) is 5. The van der Waals surface area contributed by atoms with Crippen LogP contribution in [0.5, 0.6) is 5.75 Å². The number of hydrogen-bond donors (Lipinski definition) is 1. The number of rotatable bonds is 2. The van der Waals surface area contributed by atoms with Crippen LogP contribution in [-0.4, -0.2) is 42.2 Å². The molecule has 1 fully saturated rings. The summed E-state index contributed by atoms with van der Waals surface area (Å²) < 4.78 is 1.90. The fraction of sp³-hybridized carbons (Fsp3) is 0.467. The maximum Gasteiger partial charge on any atom is 0.276 e. The van der Waals surface area contributed by atoms with E-state index >= 15 is 0 Å². The summed E-state index contributed by atoms with van der Waals surface area (Å²) in [4.78, 5) is 23.0. The Morgan fingerprint density at radius 2 is 2.18 bits per heavy atom. The maximum atomic E-state index is 12.6. The summed E-state index contributed by atoms with van der Waals surface area (Å²) in [5.41, 5.74) is 0.0877. The van der Waals surface area contributed by atoms with E-state index in [2.05, 4.69) is 15.1 Å². The number of carbonyl (C=O) groups is 1. The number of nitrogens with zero attached hydrogens (tertiary/aromatic N) is 5. The highest BCUT2D eigenvalue weighted by atomic mass is 16.3. The van der Waals surface area contributed by atoms with Crippen LogP contribution in [0.15, 0.2) is 18.3 Å². The summed E-state index contributed by atoms with van der Waals surface area (Å²) in [5, 5.41) is 14.4. The molecule has 22 heavy (non-hydrogen) atoms. The first-order chi connectivity index (χ1) is 10.6. The molecule has 1 amide bonds. The van der Waals surface area contributed by atoms with E-state index in [4.69, 9.17) is 0 Å². The van der Waals surface area contributed by atoms with Gasteiger partial charge < -0.3 is 10.0 Å². The van der Waals surface area contributed by atoms with Gasteiger partial charge >= 0.3 is 0 Å². The molecule has 0 saturated heterocycles. The van der Waals surface area contributed by atoms with Crippen molar-refractivity contribution in [1.82, 2.24) is 24.6 Å². The zero-order valence-electron chi connectivity index (χ0n) is 12.3. The van der Waals surface area contributed by atoms with Gasteiger partial charge in [0.05, 0.1) is 12.6 Å². The van der Waals surface area contributed by atoms with Gasteiger partial charge in [-0.25, -0.2) is 14.6 Å². The van der Waals surface area contributed by atoms with E-state index in [9.17, 15) is 9.90 Å². The van der Waals surface area contributed by atoms with Crippen LogP contribution in [0, 0.1) is 0 Å². The van der Waals surface area contributed by atoms with Crippen molar-refractivity contribution in [2.75, 3.05) is 6.54 Å². The molecule has 7 nitrogen and oxygen atoms in total. The van der Waals surface area contributed by atoms with E-state index in [1.165, 1.54) is 12.3 Å². The zero-order chi connectivity index (χ0) is 15.3. The third-order valence-corrected chi connectivity index (χ3v) is 4.30. The van der Waals surface area contributed by atoms with E-state index in [0.29, 0.717) is 19.0 Å². The molecule has 2 aromatic rings. The molecule has 2 aromatic heterocycles. The second-order valence-corrected chi connectivity index (χ2v) is 5.87. The van der Waals surface area contributed by atoms with Crippen LogP contribution in [0.25, 0.3) is 0 Å². The fourth-order valence-corrected chi connectivity index (χ4v) is 2.87. The Morgan fingerprint density at radius 3 is 2.91 bits per heavy atom. The highest BCUT2D eigenvalue weighted by Gasteiger charge is 2.35. The Morgan fingerprint density at radius 1 is 1.36 bits per heavy atom. The fourth-order valence-electron chi connectivity index (χ4n) is 2.87. The molecule has 0 aromatic carbocycles. The molecule has 7 heteroatoms. The van der Waals surface area contributed by atoms with E-state index in [-0.39, 0.29) is 23.4 Å². The van der Waals surface area contributed by atoms with Gasteiger partial charge in [0.15, 0.2) is 11.5 Å². The molecule has 114 valence electrons. The Labute approximate surface area is 127 Å². The lowest BCUT2D eigenvalue weighted by molar-refractivity contribution is 0.0621. The van der Waals surface area contributed by atoms with Crippen LogP contribution in [-0.2, 0) is 6.54 Å². The van der Waals surface area contributed by atoms with E-state index < -0.39 is 0 Å². The van der Waals surface area contributed by atoms with Crippen molar-refractivity contribution in [2.24, 2.45) is 0 Å². The Balaban J connectivity index is 1.63. The highest BCUT2D eigenvalue weighted by Crippen LogP contribution is 2.39. The standard InChI is InChI=1S/C15H17N5O2/c1-9-14-17-13(10-4-5-10)18-20(14)8-7-19(9)15(22)12-11(21)3-2-6-16-12/h2-3,6,9-10,21H,4-5,7-8H2,1H3/t9-/m1/s1. The number of carbonyl (C=O) groups excluding carboxylic acids is 1. The maximum absolute atomic E-state index is 12.6. The van der Waals surface area contributed by atoms with Gasteiger partial charge in [-0.2, -0.15) is 5.10 Å². The van der Waals surface area contributed by atoms with E-state index in [1.54, 1.807) is 11.0 Å². The molecular weight excluding hydrogens is 282 g/mol.